The van der Waals surface area contributed by atoms with E-state index in [2.05, 4.69) is 31.1 Å². The largest absolute Gasteiger partial charge is 0.384 e. The van der Waals surface area contributed by atoms with E-state index in [4.69, 9.17) is 4.74 Å². The molecule has 3 heteroatoms. The van der Waals surface area contributed by atoms with Crippen molar-refractivity contribution in [3.05, 3.63) is 0 Å². The Morgan fingerprint density at radius 3 is 2.50 bits per heavy atom. The molecular formula is C17H34N2O. The Kier molecular flexibility index (Phi) is 5.88. The normalized spacial score (nSPS) is 32.4. The second-order valence-electron chi connectivity index (χ2n) is 7.76. The predicted molar refractivity (Wildman–Crippen MR) is 85.0 cm³/mol. The summed E-state index contributed by atoms with van der Waals surface area (Å²) < 4.78 is 5.30. The number of methoxy groups -OCH3 is 1. The molecule has 0 bridgehead atoms. The first-order valence-electron chi connectivity index (χ1n) is 8.42. The lowest BCUT2D eigenvalue weighted by Crippen LogP contribution is -2.48. The fraction of sp³-hybridized carbons (Fsp3) is 1.00. The number of piperidine rings is 1. The van der Waals surface area contributed by atoms with E-state index >= 15 is 0 Å². The summed E-state index contributed by atoms with van der Waals surface area (Å²) >= 11 is 0. The minimum absolute atomic E-state index is 0.534. The van der Waals surface area contributed by atoms with Gasteiger partial charge in [-0.15, -0.1) is 0 Å². The standard InChI is InChI=1S/C17H34N2O/c1-17(2)8-5-16(18-3)15(11-17)12-19-9-6-14(7-10-19)13-20-4/h14-16,18H,5-13H2,1-4H3. The smallest absolute Gasteiger partial charge is 0.0491 e. The van der Waals surface area contributed by atoms with Gasteiger partial charge in [0.05, 0.1) is 0 Å². The predicted octanol–water partition coefficient (Wildman–Crippen LogP) is 2.76. The first-order chi connectivity index (χ1) is 9.54. The highest BCUT2D eigenvalue weighted by Crippen LogP contribution is 2.39. The molecule has 3 nitrogen and oxygen atoms in total. The molecule has 118 valence electrons. The molecule has 0 amide bonds. The zero-order valence-electron chi connectivity index (χ0n) is 14.0. The Bertz CT molecular complexity index is 285. The molecule has 0 aromatic heterocycles. The van der Waals surface area contributed by atoms with E-state index in [-0.39, 0.29) is 0 Å². The van der Waals surface area contributed by atoms with Crippen LogP contribution in [0.4, 0.5) is 0 Å². The van der Waals surface area contributed by atoms with Gasteiger partial charge in [-0.3, -0.25) is 0 Å². The van der Waals surface area contributed by atoms with Gasteiger partial charge in [0.25, 0.3) is 0 Å². The van der Waals surface area contributed by atoms with Gasteiger partial charge in [0.15, 0.2) is 0 Å². The van der Waals surface area contributed by atoms with Gasteiger partial charge in [0.1, 0.15) is 0 Å². The molecule has 1 saturated carbocycles. The van der Waals surface area contributed by atoms with Crippen LogP contribution in [-0.4, -0.2) is 51.3 Å². The van der Waals surface area contributed by atoms with Gasteiger partial charge in [0.2, 0.25) is 0 Å². The second kappa shape index (κ2) is 7.24. The summed E-state index contributed by atoms with van der Waals surface area (Å²) in [5, 5.41) is 3.56. The third-order valence-corrected chi connectivity index (χ3v) is 5.49. The van der Waals surface area contributed by atoms with E-state index < -0.39 is 0 Å². The second-order valence-corrected chi connectivity index (χ2v) is 7.76. The number of likely N-dealkylation sites (tertiary alicyclic amines) is 1. The highest BCUT2D eigenvalue weighted by Gasteiger charge is 2.35. The molecule has 0 spiro atoms. The van der Waals surface area contributed by atoms with Crippen molar-refractivity contribution in [3.63, 3.8) is 0 Å². The number of hydrogen-bond donors (Lipinski definition) is 1. The summed E-state index contributed by atoms with van der Waals surface area (Å²) in [5.74, 6) is 1.61. The van der Waals surface area contributed by atoms with Crippen molar-refractivity contribution in [2.24, 2.45) is 17.3 Å². The molecule has 1 saturated heterocycles. The fourth-order valence-electron chi connectivity index (χ4n) is 4.21. The Balaban J connectivity index is 1.82. The van der Waals surface area contributed by atoms with Crippen molar-refractivity contribution in [2.45, 2.75) is 52.0 Å². The molecule has 0 aromatic carbocycles. The molecule has 2 fully saturated rings. The van der Waals surface area contributed by atoms with E-state index in [9.17, 15) is 0 Å². The number of ether oxygens (including phenoxy) is 1. The number of nitrogens with zero attached hydrogens (tertiary/aromatic N) is 1. The van der Waals surface area contributed by atoms with Gasteiger partial charge >= 0.3 is 0 Å². The van der Waals surface area contributed by atoms with Gasteiger partial charge in [-0.05, 0) is 69.5 Å². The Labute approximate surface area is 125 Å². The molecule has 2 aliphatic rings. The van der Waals surface area contributed by atoms with Gasteiger partial charge < -0.3 is 15.0 Å². The maximum absolute atomic E-state index is 5.30. The van der Waals surface area contributed by atoms with Gasteiger partial charge in [-0.25, -0.2) is 0 Å². The van der Waals surface area contributed by atoms with Crippen molar-refractivity contribution in [3.8, 4) is 0 Å². The topological polar surface area (TPSA) is 24.5 Å². The van der Waals surface area contributed by atoms with Crippen LogP contribution in [0, 0.1) is 17.3 Å². The van der Waals surface area contributed by atoms with Crippen molar-refractivity contribution in [2.75, 3.05) is 40.4 Å². The van der Waals surface area contributed by atoms with Gasteiger partial charge in [0, 0.05) is 26.3 Å². The van der Waals surface area contributed by atoms with E-state index in [1.807, 2.05) is 7.11 Å². The Hall–Kier alpha value is -0.120. The lowest BCUT2D eigenvalue weighted by Gasteiger charge is -2.43. The molecule has 1 aliphatic carbocycles. The monoisotopic (exact) mass is 282 g/mol. The van der Waals surface area contributed by atoms with E-state index in [0.717, 1.165) is 24.5 Å². The van der Waals surface area contributed by atoms with E-state index in [0.29, 0.717) is 5.41 Å². The number of rotatable bonds is 5. The first-order valence-corrected chi connectivity index (χ1v) is 8.42. The molecule has 0 radical (unpaired) electrons. The summed E-state index contributed by atoms with van der Waals surface area (Å²) in [5.41, 5.74) is 0.534. The molecule has 2 rings (SSSR count). The average molecular weight is 282 g/mol. The zero-order chi connectivity index (χ0) is 14.6. The lowest BCUT2D eigenvalue weighted by atomic mass is 9.69. The summed E-state index contributed by atoms with van der Waals surface area (Å²) in [6.45, 7) is 9.65. The zero-order valence-corrected chi connectivity index (χ0v) is 14.0. The van der Waals surface area contributed by atoms with E-state index in [1.165, 1.54) is 51.7 Å². The van der Waals surface area contributed by atoms with Crippen LogP contribution in [0.25, 0.3) is 0 Å². The number of nitrogens with one attached hydrogen (secondary N) is 1. The fourth-order valence-corrected chi connectivity index (χ4v) is 4.21. The molecule has 1 aliphatic heterocycles. The minimum atomic E-state index is 0.534. The van der Waals surface area contributed by atoms with E-state index in [1.54, 1.807) is 0 Å². The van der Waals surface area contributed by atoms with Crippen molar-refractivity contribution >= 4 is 0 Å². The molecule has 2 unspecified atom stereocenters. The van der Waals surface area contributed by atoms with Crippen LogP contribution >= 0.6 is 0 Å². The molecule has 0 aromatic rings. The molecule has 20 heavy (non-hydrogen) atoms. The van der Waals surface area contributed by atoms with Crippen LogP contribution in [0.1, 0.15) is 46.0 Å². The lowest BCUT2D eigenvalue weighted by molar-refractivity contribution is 0.0658. The van der Waals surface area contributed by atoms with Crippen molar-refractivity contribution < 1.29 is 4.74 Å². The van der Waals surface area contributed by atoms with Gasteiger partial charge in [-0.1, -0.05) is 13.8 Å². The third kappa shape index (κ3) is 4.44. The van der Waals surface area contributed by atoms with Crippen LogP contribution < -0.4 is 5.32 Å². The van der Waals surface area contributed by atoms with Gasteiger partial charge in [-0.2, -0.15) is 0 Å². The first kappa shape index (κ1) is 16.3. The maximum atomic E-state index is 5.30. The van der Waals surface area contributed by atoms with Crippen LogP contribution in [0.5, 0.6) is 0 Å². The molecular weight excluding hydrogens is 248 g/mol. The highest BCUT2D eigenvalue weighted by atomic mass is 16.5. The Morgan fingerprint density at radius 2 is 1.90 bits per heavy atom. The quantitative estimate of drug-likeness (QED) is 0.839. The molecule has 2 atom stereocenters. The summed E-state index contributed by atoms with van der Waals surface area (Å²) in [6, 6.07) is 0.722. The summed E-state index contributed by atoms with van der Waals surface area (Å²) in [7, 11) is 3.97. The van der Waals surface area contributed by atoms with Crippen LogP contribution in [0.3, 0.4) is 0 Å². The third-order valence-electron chi connectivity index (χ3n) is 5.49. The molecule has 1 N–H and O–H groups in total. The van der Waals surface area contributed by atoms with Crippen LogP contribution in [0.15, 0.2) is 0 Å². The van der Waals surface area contributed by atoms with Crippen molar-refractivity contribution in [1.82, 2.24) is 10.2 Å². The molecule has 1 heterocycles. The minimum Gasteiger partial charge on any atom is -0.384 e. The van der Waals surface area contributed by atoms with Crippen LogP contribution in [0.2, 0.25) is 0 Å². The number of hydrogen-bond acceptors (Lipinski definition) is 3. The Morgan fingerprint density at radius 1 is 1.20 bits per heavy atom. The summed E-state index contributed by atoms with van der Waals surface area (Å²) in [4.78, 5) is 2.70. The maximum Gasteiger partial charge on any atom is 0.0491 e. The summed E-state index contributed by atoms with van der Waals surface area (Å²) in [6.07, 6.45) is 6.71. The highest BCUT2D eigenvalue weighted by molar-refractivity contribution is 4.90. The average Bonchev–Trinajstić information content (AvgIpc) is 2.41. The van der Waals surface area contributed by atoms with Crippen LogP contribution in [-0.2, 0) is 4.74 Å². The SMILES string of the molecule is CNC1CCC(C)(C)CC1CN1CCC(COC)CC1. The van der Waals surface area contributed by atoms with Crippen molar-refractivity contribution in [1.29, 1.82) is 0 Å².